The highest BCUT2D eigenvalue weighted by molar-refractivity contribution is 4.96. The zero-order valence-corrected chi connectivity index (χ0v) is 6.73. The van der Waals surface area contributed by atoms with Gasteiger partial charge in [-0.25, -0.2) is 0 Å². The van der Waals surface area contributed by atoms with Crippen LogP contribution in [-0.4, -0.2) is 6.61 Å². The largest absolute Gasteiger partial charge is 0.498 e. The van der Waals surface area contributed by atoms with E-state index in [4.69, 9.17) is 4.74 Å². The van der Waals surface area contributed by atoms with Gasteiger partial charge in [-0.3, -0.25) is 0 Å². The molecule has 1 aliphatic carbocycles. The highest BCUT2D eigenvalue weighted by Gasteiger charge is 2.02. The maximum absolute atomic E-state index is 5.49. The van der Waals surface area contributed by atoms with Crippen molar-refractivity contribution >= 4 is 0 Å². The van der Waals surface area contributed by atoms with Gasteiger partial charge in [-0.15, -0.1) is 0 Å². The van der Waals surface area contributed by atoms with Gasteiger partial charge in [-0.05, 0) is 31.8 Å². The molecule has 1 heteroatoms. The van der Waals surface area contributed by atoms with Crippen LogP contribution >= 0.6 is 0 Å². The van der Waals surface area contributed by atoms with Crippen molar-refractivity contribution in [1.29, 1.82) is 0 Å². The molecule has 0 saturated carbocycles. The highest BCUT2D eigenvalue weighted by atomic mass is 16.5. The minimum atomic E-state index is 0.895. The van der Waals surface area contributed by atoms with E-state index >= 15 is 0 Å². The molecule has 0 spiro atoms. The van der Waals surface area contributed by atoms with E-state index in [-0.39, 0.29) is 0 Å². The van der Waals surface area contributed by atoms with Crippen LogP contribution in [0.1, 0.15) is 39.0 Å². The van der Waals surface area contributed by atoms with E-state index in [1.807, 2.05) is 0 Å². The van der Waals surface area contributed by atoms with Crippen LogP contribution in [0.3, 0.4) is 0 Å². The van der Waals surface area contributed by atoms with Crippen LogP contribution in [0.5, 0.6) is 0 Å². The molecule has 0 radical (unpaired) electrons. The molecule has 0 saturated heterocycles. The minimum Gasteiger partial charge on any atom is -0.498 e. The summed E-state index contributed by atoms with van der Waals surface area (Å²) in [6.07, 6.45) is 8.41. The number of ether oxygens (including phenoxy) is 1. The van der Waals surface area contributed by atoms with Gasteiger partial charge in [0.2, 0.25) is 0 Å². The summed E-state index contributed by atoms with van der Waals surface area (Å²) in [4.78, 5) is 0. The first-order chi connectivity index (χ1) is 4.93. The van der Waals surface area contributed by atoms with Crippen LogP contribution in [0, 0.1) is 0 Å². The number of hydrogen-bond donors (Lipinski definition) is 0. The van der Waals surface area contributed by atoms with E-state index in [1.54, 1.807) is 0 Å². The molecule has 0 aliphatic heterocycles. The van der Waals surface area contributed by atoms with Gasteiger partial charge in [0.25, 0.3) is 0 Å². The van der Waals surface area contributed by atoms with E-state index in [1.165, 1.54) is 31.4 Å². The summed E-state index contributed by atoms with van der Waals surface area (Å²) in [7, 11) is 0. The normalized spacial score (nSPS) is 18.3. The Labute approximate surface area is 63.1 Å². The van der Waals surface area contributed by atoms with Gasteiger partial charge in [-0.1, -0.05) is 6.92 Å². The summed E-state index contributed by atoms with van der Waals surface area (Å²) in [5, 5.41) is 0. The van der Waals surface area contributed by atoms with Crippen molar-refractivity contribution in [1.82, 2.24) is 0 Å². The Bertz CT molecular complexity index is 116. The average Bonchev–Trinajstić information content (AvgIpc) is 2.03. The molecule has 1 aliphatic rings. The number of hydrogen-bond acceptors (Lipinski definition) is 1. The maximum atomic E-state index is 5.49. The lowest BCUT2D eigenvalue weighted by atomic mass is 10.1. The van der Waals surface area contributed by atoms with Crippen LogP contribution in [0.2, 0.25) is 0 Å². The van der Waals surface area contributed by atoms with Crippen LogP contribution in [-0.2, 0) is 4.74 Å². The van der Waals surface area contributed by atoms with E-state index in [9.17, 15) is 0 Å². The van der Waals surface area contributed by atoms with Gasteiger partial charge < -0.3 is 4.74 Å². The Morgan fingerprint density at radius 3 is 3.00 bits per heavy atom. The zero-order valence-electron chi connectivity index (χ0n) is 6.73. The van der Waals surface area contributed by atoms with Gasteiger partial charge in [0, 0.05) is 6.42 Å². The minimum absolute atomic E-state index is 0.895. The molecule has 1 rings (SSSR count). The molecular weight excluding hydrogens is 124 g/mol. The van der Waals surface area contributed by atoms with E-state index in [0.717, 1.165) is 13.0 Å². The van der Waals surface area contributed by atoms with Crippen LogP contribution in [0.15, 0.2) is 11.8 Å². The summed E-state index contributed by atoms with van der Waals surface area (Å²) < 4.78 is 5.49. The standard InChI is InChI=1S/C9H16O/c1-2-8-10-9-6-4-3-5-7-9/h6H,2-5,7-8H2,1H3. The van der Waals surface area contributed by atoms with Gasteiger partial charge in [0.05, 0.1) is 12.4 Å². The molecular formula is C9H16O. The quantitative estimate of drug-likeness (QED) is 0.585. The van der Waals surface area contributed by atoms with Crippen molar-refractivity contribution in [2.45, 2.75) is 39.0 Å². The molecule has 0 amide bonds. The molecule has 0 aromatic carbocycles. The molecule has 0 aromatic heterocycles. The van der Waals surface area contributed by atoms with Gasteiger partial charge >= 0.3 is 0 Å². The predicted octanol–water partition coefficient (Wildman–Crippen LogP) is 2.87. The van der Waals surface area contributed by atoms with Crippen molar-refractivity contribution in [2.75, 3.05) is 6.61 Å². The number of allylic oxidation sites excluding steroid dienone is 2. The Morgan fingerprint density at radius 2 is 2.40 bits per heavy atom. The molecule has 0 fully saturated rings. The topological polar surface area (TPSA) is 9.23 Å². The number of rotatable bonds is 3. The summed E-state index contributed by atoms with van der Waals surface area (Å²) >= 11 is 0. The summed E-state index contributed by atoms with van der Waals surface area (Å²) in [6.45, 7) is 3.04. The van der Waals surface area contributed by atoms with Gasteiger partial charge in [-0.2, -0.15) is 0 Å². The zero-order chi connectivity index (χ0) is 7.23. The third kappa shape index (κ3) is 2.42. The van der Waals surface area contributed by atoms with Crippen LogP contribution in [0.25, 0.3) is 0 Å². The molecule has 58 valence electrons. The van der Waals surface area contributed by atoms with Crippen molar-refractivity contribution < 1.29 is 4.74 Å². The average molecular weight is 140 g/mol. The lowest BCUT2D eigenvalue weighted by Gasteiger charge is -2.13. The Hall–Kier alpha value is -0.460. The molecule has 10 heavy (non-hydrogen) atoms. The van der Waals surface area contributed by atoms with E-state index < -0.39 is 0 Å². The Kier molecular flexibility index (Phi) is 3.34. The maximum Gasteiger partial charge on any atom is 0.0919 e. The highest BCUT2D eigenvalue weighted by Crippen LogP contribution is 2.17. The molecule has 1 nitrogen and oxygen atoms in total. The Balaban J connectivity index is 2.18. The fourth-order valence-corrected chi connectivity index (χ4v) is 1.17. The first-order valence-electron chi connectivity index (χ1n) is 4.25. The SMILES string of the molecule is CCCOC1=CCCCC1. The predicted molar refractivity (Wildman–Crippen MR) is 42.8 cm³/mol. The van der Waals surface area contributed by atoms with Crippen LogP contribution < -0.4 is 0 Å². The molecule has 0 heterocycles. The second-order valence-corrected chi connectivity index (χ2v) is 2.76. The van der Waals surface area contributed by atoms with E-state index in [0.29, 0.717) is 0 Å². The molecule has 0 bridgehead atoms. The van der Waals surface area contributed by atoms with Crippen molar-refractivity contribution in [2.24, 2.45) is 0 Å². The summed E-state index contributed by atoms with van der Waals surface area (Å²) in [5.41, 5.74) is 0. The third-order valence-electron chi connectivity index (χ3n) is 1.74. The molecule has 0 unspecified atom stereocenters. The fraction of sp³-hybridized carbons (Fsp3) is 0.778. The van der Waals surface area contributed by atoms with E-state index in [2.05, 4.69) is 13.0 Å². The van der Waals surface area contributed by atoms with Gasteiger partial charge in [0.15, 0.2) is 0 Å². The smallest absolute Gasteiger partial charge is 0.0919 e. The lowest BCUT2D eigenvalue weighted by molar-refractivity contribution is 0.195. The Morgan fingerprint density at radius 1 is 1.50 bits per heavy atom. The fourth-order valence-electron chi connectivity index (χ4n) is 1.17. The first-order valence-corrected chi connectivity index (χ1v) is 4.25. The second-order valence-electron chi connectivity index (χ2n) is 2.76. The van der Waals surface area contributed by atoms with Crippen LogP contribution in [0.4, 0.5) is 0 Å². The lowest BCUT2D eigenvalue weighted by Crippen LogP contribution is -1.97. The second kappa shape index (κ2) is 4.37. The monoisotopic (exact) mass is 140 g/mol. The molecule has 0 aromatic rings. The third-order valence-corrected chi connectivity index (χ3v) is 1.74. The van der Waals surface area contributed by atoms with Gasteiger partial charge in [0.1, 0.15) is 0 Å². The van der Waals surface area contributed by atoms with Crippen molar-refractivity contribution in [3.63, 3.8) is 0 Å². The van der Waals surface area contributed by atoms with Crippen molar-refractivity contribution in [3.8, 4) is 0 Å². The molecule has 0 N–H and O–H groups in total. The summed E-state index contributed by atoms with van der Waals surface area (Å²) in [5.74, 6) is 1.23. The first kappa shape index (κ1) is 7.64. The van der Waals surface area contributed by atoms with Crippen molar-refractivity contribution in [3.05, 3.63) is 11.8 Å². The molecule has 0 atom stereocenters. The summed E-state index contributed by atoms with van der Waals surface area (Å²) in [6, 6.07) is 0.